The first-order chi connectivity index (χ1) is 13.0. The molecule has 1 aromatic carbocycles. The van der Waals surface area contributed by atoms with Crippen LogP contribution in [0.5, 0.6) is 11.5 Å². The van der Waals surface area contributed by atoms with E-state index in [1.54, 1.807) is 0 Å². The number of fused-ring (bicyclic) bond motifs is 1. The summed E-state index contributed by atoms with van der Waals surface area (Å²) in [6.07, 6.45) is 3.19. The average molecular weight is 379 g/mol. The van der Waals surface area contributed by atoms with Crippen molar-refractivity contribution in [3.8, 4) is 11.5 Å². The molecule has 0 saturated heterocycles. The van der Waals surface area contributed by atoms with E-state index in [0.29, 0.717) is 13.0 Å². The molecule has 1 heterocycles. The third-order valence-electron chi connectivity index (χ3n) is 5.05. The van der Waals surface area contributed by atoms with Crippen molar-refractivity contribution < 1.29 is 14.3 Å². The first kappa shape index (κ1) is 21.5. The van der Waals surface area contributed by atoms with Gasteiger partial charge in [0.05, 0.1) is 12.2 Å². The SMILES string of the molecule is CCN(C(C)Cc1ccc2c(c1)OCO2)C(C)NC(=O)C(N)CCCCN. The van der Waals surface area contributed by atoms with Crippen molar-refractivity contribution in [1.29, 1.82) is 0 Å². The van der Waals surface area contributed by atoms with Gasteiger partial charge in [0.25, 0.3) is 0 Å². The Morgan fingerprint density at radius 3 is 2.70 bits per heavy atom. The molecule has 27 heavy (non-hydrogen) atoms. The van der Waals surface area contributed by atoms with Crippen molar-refractivity contribution in [2.75, 3.05) is 19.9 Å². The Hall–Kier alpha value is -1.83. The molecule has 3 unspecified atom stereocenters. The number of rotatable bonds is 11. The van der Waals surface area contributed by atoms with Crippen molar-refractivity contribution in [2.45, 2.75) is 64.7 Å². The zero-order valence-corrected chi connectivity index (χ0v) is 16.7. The van der Waals surface area contributed by atoms with Gasteiger partial charge in [-0.3, -0.25) is 9.69 Å². The number of likely N-dealkylation sites (N-methyl/N-ethyl adjacent to an activating group) is 1. The maximum absolute atomic E-state index is 12.4. The van der Waals surface area contributed by atoms with Gasteiger partial charge in [0.1, 0.15) is 0 Å². The lowest BCUT2D eigenvalue weighted by molar-refractivity contribution is -0.124. The van der Waals surface area contributed by atoms with Crippen molar-refractivity contribution in [3.05, 3.63) is 23.8 Å². The van der Waals surface area contributed by atoms with E-state index in [0.717, 1.165) is 37.3 Å². The van der Waals surface area contributed by atoms with Crippen molar-refractivity contribution in [3.63, 3.8) is 0 Å². The molecule has 1 aliphatic rings. The van der Waals surface area contributed by atoms with Crippen LogP contribution in [0.2, 0.25) is 0 Å². The Morgan fingerprint density at radius 1 is 1.26 bits per heavy atom. The van der Waals surface area contributed by atoms with E-state index in [9.17, 15) is 4.79 Å². The molecule has 7 nitrogen and oxygen atoms in total. The van der Waals surface area contributed by atoms with Gasteiger partial charge in [-0.05, 0) is 63.9 Å². The second-order valence-electron chi connectivity index (χ2n) is 7.15. The minimum atomic E-state index is -0.484. The minimum absolute atomic E-state index is 0.0907. The van der Waals surface area contributed by atoms with E-state index in [4.69, 9.17) is 20.9 Å². The van der Waals surface area contributed by atoms with Crippen LogP contribution in [0, 0.1) is 0 Å². The number of hydrogen-bond donors (Lipinski definition) is 3. The summed E-state index contributed by atoms with van der Waals surface area (Å²) in [5, 5.41) is 3.05. The van der Waals surface area contributed by atoms with E-state index in [-0.39, 0.29) is 24.9 Å². The number of hydrogen-bond acceptors (Lipinski definition) is 6. The second kappa shape index (κ2) is 10.5. The zero-order valence-electron chi connectivity index (χ0n) is 16.7. The van der Waals surface area contributed by atoms with Gasteiger partial charge in [0.15, 0.2) is 11.5 Å². The Labute approximate surface area is 162 Å². The topological polar surface area (TPSA) is 103 Å². The Bertz CT molecular complexity index is 611. The Morgan fingerprint density at radius 2 is 2.00 bits per heavy atom. The lowest BCUT2D eigenvalue weighted by atomic mass is 10.0. The highest BCUT2D eigenvalue weighted by Crippen LogP contribution is 2.33. The Kier molecular flexibility index (Phi) is 8.34. The molecular weight excluding hydrogens is 344 g/mol. The Balaban J connectivity index is 1.89. The molecule has 7 heteroatoms. The third-order valence-corrected chi connectivity index (χ3v) is 5.05. The van der Waals surface area contributed by atoms with Gasteiger partial charge in [-0.25, -0.2) is 0 Å². The maximum atomic E-state index is 12.4. The predicted octanol–water partition coefficient (Wildman–Crippen LogP) is 1.59. The van der Waals surface area contributed by atoms with Gasteiger partial charge in [0.2, 0.25) is 12.7 Å². The summed E-state index contributed by atoms with van der Waals surface area (Å²) >= 11 is 0. The van der Waals surface area contributed by atoms with E-state index in [1.807, 2.05) is 19.1 Å². The fourth-order valence-electron chi connectivity index (χ4n) is 3.53. The summed E-state index contributed by atoms with van der Waals surface area (Å²) in [5.41, 5.74) is 12.7. The van der Waals surface area contributed by atoms with Gasteiger partial charge in [-0.2, -0.15) is 0 Å². The van der Waals surface area contributed by atoms with Gasteiger partial charge in [-0.15, -0.1) is 0 Å². The molecule has 152 valence electrons. The summed E-state index contributed by atoms with van der Waals surface area (Å²) < 4.78 is 10.8. The van der Waals surface area contributed by atoms with Crippen LogP contribution in [-0.4, -0.2) is 48.9 Å². The first-order valence-corrected chi connectivity index (χ1v) is 9.86. The number of carbonyl (C=O) groups excluding carboxylic acids is 1. The van der Waals surface area contributed by atoms with Gasteiger partial charge >= 0.3 is 0 Å². The molecule has 2 rings (SSSR count). The number of benzene rings is 1. The highest BCUT2D eigenvalue weighted by Gasteiger charge is 2.23. The van der Waals surface area contributed by atoms with Crippen LogP contribution in [0.3, 0.4) is 0 Å². The normalized spacial score (nSPS) is 16.2. The number of unbranched alkanes of at least 4 members (excludes halogenated alkanes) is 1. The number of nitrogens with zero attached hydrogens (tertiary/aromatic N) is 1. The first-order valence-electron chi connectivity index (χ1n) is 9.86. The van der Waals surface area contributed by atoms with Crippen LogP contribution < -0.4 is 26.3 Å². The van der Waals surface area contributed by atoms with E-state index in [1.165, 1.54) is 5.56 Å². The number of ether oxygens (including phenoxy) is 2. The molecule has 0 saturated carbocycles. The molecule has 3 atom stereocenters. The molecule has 0 radical (unpaired) electrons. The molecule has 1 amide bonds. The molecular formula is C20H34N4O3. The molecule has 0 bridgehead atoms. The molecule has 5 N–H and O–H groups in total. The van der Waals surface area contributed by atoms with Gasteiger partial charge < -0.3 is 26.3 Å². The minimum Gasteiger partial charge on any atom is -0.454 e. The smallest absolute Gasteiger partial charge is 0.238 e. The van der Waals surface area contributed by atoms with Crippen LogP contribution in [0.15, 0.2) is 18.2 Å². The lowest BCUT2D eigenvalue weighted by Gasteiger charge is -2.34. The fraction of sp³-hybridized carbons (Fsp3) is 0.650. The summed E-state index contributed by atoms with van der Waals surface area (Å²) in [5.74, 6) is 1.49. The number of nitrogens with one attached hydrogen (secondary N) is 1. The maximum Gasteiger partial charge on any atom is 0.238 e. The molecule has 1 aliphatic heterocycles. The molecule has 0 spiro atoms. The number of amides is 1. The van der Waals surface area contributed by atoms with Gasteiger partial charge in [-0.1, -0.05) is 19.4 Å². The molecule has 1 aromatic rings. The van der Waals surface area contributed by atoms with Crippen LogP contribution in [0.25, 0.3) is 0 Å². The third kappa shape index (κ3) is 6.09. The summed E-state index contributed by atoms with van der Waals surface area (Å²) in [6, 6.07) is 5.81. The monoisotopic (exact) mass is 378 g/mol. The van der Waals surface area contributed by atoms with Crippen LogP contribution >= 0.6 is 0 Å². The van der Waals surface area contributed by atoms with Crippen LogP contribution in [0.4, 0.5) is 0 Å². The quantitative estimate of drug-likeness (QED) is 0.399. The average Bonchev–Trinajstić information content (AvgIpc) is 3.10. The fourth-order valence-corrected chi connectivity index (χ4v) is 3.53. The summed E-state index contributed by atoms with van der Waals surface area (Å²) in [4.78, 5) is 14.6. The van der Waals surface area contributed by atoms with E-state index < -0.39 is 6.04 Å². The van der Waals surface area contributed by atoms with Crippen molar-refractivity contribution in [2.24, 2.45) is 11.5 Å². The van der Waals surface area contributed by atoms with Crippen LogP contribution in [-0.2, 0) is 11.2 Å². The molecule has 0 aromatic heterocycles. The highest BCUT2D eigenvalue weighted by atomic mass is 16.7. The highest BCUT2D eigenvalue weighted by molar-refractivity contribution is 5.81. The molecule has 0 aliphatic carbocycles. The predicted molar refractivity (Wildman–Crippen MR) is 107 cm³/mol. The van der Waals surface area contributed by atoms with Crippen molar-refractivity contribution >= 4 is 5.91 Å². The number of nitrogens with two attached hydrogens (primary N) is 2. The zero-order chi connectivity index (χ0) is 19.8. The van der Waals surface area contributed by atoms with E-state index in [2.05, 4.69) is 30.1 Å². The molecule has 0 fully saturated rings. The lowest BCUT2D eigenvalue weighted by Crippen LogP contribution is -2.54. The standard InChI is InChI=1S/C20H34N4O3/c1-4-24(15(3)23-20(25)17(22)7-5-6-10-21)14(2)11-16-8-9-18-19(12-16)27-13-26-18/h8-9,12,14-15,17H,4-7,10-11,13,21-22H2,1-3H3,(H,23,25). The largest absolute Gasteiger partial charge is 0.454 e. The van der Waals surface area contributed by atoms with Gasteiger partial charge in [0, 0.05) is 6.04 Å². The summed E-state index contributed by atoms with van der Waals surface area (Å²) in [7, 11) is 0. The number of carbonyl (C=O) groups is 1. The van der Waals surface area contributed by atoms with E-state index >= 15 is 0 Å². The van der Waals surface area contributed by atoms with Crippen molar-refractivity contribution in [1.82, 2.24) is 10.2 Å². The summed E-state index contributed by atoms with van der Waals surface area (Å²) in [6.45, 7) is 8.01. The second-order valence-corrected chi connectivity index (χ2v) is 7.15. The van der Waals surface area contributed by atoms with Crippen LogP contribution in [0.1, 0.15) is 45.6 Å².